The number of aromatic nitrogens is 2. The molecule has 0 radical (unpaired) electrons. The van der Waals surface area contributed by atoms with E-state index in [4.69, 9.17) is 33.0 Å². The molecule has 2 aliphatic rings. The number of ether oxygens (including phenoxy) is 1. The van der Waals surface area contributed by atoms with Crippen molar-refractivity contribution in [1.82, 2.24) is 9.97 Å². The zero-order chi connectivity index (χ0) is 26.9. The number of halogens is 4. The van der Waals surface area contributed by atoms with Gasteiger partial charge in [-0.05, 0) is 62.5 Å². The van der Waals surface area contributed by atoms with Crippen LogP contribution in [-0.4, -0.2) is 54.9 Å². The lowest BCUT2D eigenvalue weighted by molar-refractivity contribution is -0.145. The SMILES string of the molecule is CCCCCOC(=O)C1CC(Br)=NN1c1ncccc1Cl.O=C(O)C1CC(Br)=NN1c1ncccc1Cl. The molecule has 14 heteroatoms. The van der Waals surface area contributed by atoms with Crippen molar-refractivity contribution in [2.24, 2.45) is 10.2 Å². The quantitative estimate of drug-likeness (QED) is 0.272. The topological polar surface area (TPSA) is 121 Å². The van der Waals surface area contributed by atoms with Crippen LogP contribution in [0.3, 0.4) is 0 Å². The van der Waals surface area contributed by atoms with Crippen molar-refractivity contribution in [1.29, 1.82) is 0 Å². The lowest BCUT2D eigenvalue weighted by Crippen LogP contribution is -2.36. The Balaban J connectivity index is 0.000000213. The van der Waals surface area contributed by atoms with Crippen LogP contribution in [0.1, 0.15) is 39.0 Å². The molecule has 0 aliphatic carbocycles. The van der Waals surface area contributed by atoms with E-state index >= 15 is 0 Å². The van der Waals surface area contributed by atoms with Gasteiger partial charge in [0.05, 0.1) is 16.7 Å². The molecule has 2 atom stereocenters. The molecule has 0 aromatic carbocycles. The third kappa shape index (κ3) is 7.86. The average molecular weight is 679 g/mol. The molecule has 10 nitrogen and oxygen atoms in total. The molecular weight excluding hydrogens is 655 g/mol. The van der Waals surface area contributed by atoms with E-state index in [1.807, 2.05) is 0 Å². The van der Waals surface area contributed by atoms with E-state index < -0.39 is 18.1 Å². The Morgan fingerprint density at radius 2 is 1.49 bits per heavy atom. The fourth-order valence-electron chi connectivity index (χ4n) is 3.42. The molecule has 0 saturated carbocycles. The van der Waals surface area contributed by atoms with Gasteiger partial charge in [0.15, 0.2) is 23.7 Å². The van der Waals surface area contributed by atoms with Crippen LogP contribution in [0.2, 0.25) is 10.0 Å². The van der Waals surface area contributed by atoms with Gasteiger partial charge in [0, 0.05) is 25.2 Å². The van der Waals surface area contributed by atoms with Gasteiger partial charge in [-0.15, -0.1) is 0 Å². The van der Waals surface area contributed by atoms with Gasteiger partial charge in [0.2, 0.25) is 0 Å². The number of unbranched alkanes of at least 4 members (excludes halogenated alkanes) is 2. The van der Waals surface area contributed by atoms with Gasteiger partial charge in [-0.3, -0.25) is 0 Å². The second-order valence-corrected chi connectivity index (χ2v) is 10.6. The van der Waals surface area contributed by atoms with Gasteiger partial charge >= 0.3 is 11.9 Å². The first-order valence-corrected chi connectivity index (χ1v) is 13.7. The number of rotatable bonds is 8. The number of anilines is 2. The highest BCUT2D eigenvalue weighted by atomic mass is 79.9. The van der Waals surface area contributed by atoms with Crippen molar-refractivity contribution < 1.29 is 19.4 Å². The Bertz CT molecular complexity index is 1190. The Morgan fingerprint density at radius 3 is 1.97 bits per heavy atom. The summed E-state index contributed by atoms with van der Waals surface area (Å²) in [6, 6.07) is 5.49. The second kappa shape index (κ2) is 14.0. The second-order valence-electron chi connectivity index (χ2n) is 7.91. The Kier molecular flexibility index (Phi) is 11.1. The molecule has 2 aliphatic heterocycles. The van der Waals surface area contributed by atoms with Crippen LogP contribution in [-0.2, 0) is 14.3 Å². The fraction of sp³-hybridized carbons (Fsp3) is 0.391. The normalized spacial score (nSPS) is 18.6. The first kappa shape index (κ1) is 29.3. The number of aliphatic carboxylic acids is 1. The highest BCUT2D eigenvalue weighted by Crippen LogP contribution is 2.31. The van der Waals surface area contributed by atoms with Crippen molar-refractivity contribution in [2.75, 3.05) is 16.6 Å². The van der Waals surface area contributed by atoms with E-state index in [0.717, 1.165) is 19.3 Å². The molecule has 2 aromatic rings. The van der Waals surface area contributed by atoms with Crippen LogP contribution in [0, 0.1) is 0 Å². The maximum Gasteiger partial charge on any atom is 0.331 e. The van der Waals surface area contributed by atoms with E-state index in [1.54, 1.807) is 36.7 Å². The maximum atomic E-state index is 12.2. The first-order valence-electron chi connectivity index (χ1n) is 11.4. The fourth-order valence-corrected chi connectivity index (χ4v) is 4.80. The molecule has 37 heavy (non-hydrogen) atoms. The number of esters is 1. The van der Waals surface area contributed by atoms with Crippen LogP contribution in [0.25, 0.3) is 0 Å². The van der Waals surface area contributed by atoms with Crippen LogP contribution in [0.5, 0.6) is 0 Å². The van der Waals surface area contributed by atoms with E-state index in [1.165, 1.54) is 10.0 Å². The molecule has 198 valence electrons. The number of hydrogen-bond donors (Lipinski definition) is 1. The van der Waals surface area contributed by atoms with Gasteiger partial charge < -0.3 is 9.84 Å². The largest absolute Gasteiger partial charge is 0.480 e. The Hall–Kier alpha value is -2.28. The van der Waals surface area contributed by atoms with Gasteiger partial charge in [-0.2, -0.15) is 10.2 Å². The van der Waals surface area contributed by atoms with E-state index in [0.29, 0.717) is 50.4 Å². The number of hydrazone groups is 2. The third-order valence-corrected chi connectivity index (χ3v) is 6.76. The summed E-state index contributed by atoms with van der Waals surface area (Å²) < 4.78 is 6.57. The summed E-state index contributed by atoms with van der Waals surface area (Å²) in [6.07, 6.45) is 6.94. The summed E-state index contributed by atoms with van der Waals surface area (Å²) in [7, 11) is 0. The van der Waals surface area contributed by atoms with Gasteiger partial charge in [-0.1, -0.05) is 43.0 Å². The number of carboxylic acids is 1. The number of nitrogens with zero attached hydrogens (tertiary/aromatic N) is 6. The van der Waals surface area contributed by atoms with Crippen LogP contribution in [0.4, 0.5) is 11.6 Å². The van der Waals surface area contributed by atoms with Crippen molar-refractivity contribution in [3.05, 3.63) is 46.7 Å². The van der Waals surface area contributed by atoms with Crippen molar-refractivity contribution in [2.45, 2.75) is 51.1 Å². The molecule has 2 unspecified atom stereocenters. The highest BCUT2D eigenvalue weighted by Gasteiger charge is 2.36. The Morgan fingerprint density at radius 1 is 0.973 bits per heavy atom. The minimum absolute atomic E-state index is 0.300. The summed E-state index contributed by atoms with van der Waals surface area (Å²) in [4.78, 5) is 31.5. The minimum atomic E-state index is -0.958. The molecular formula is C23H24Br2Cl2N6O4. The van der Waals surface area contributed by atoms with Crippen molar-refractivity contribution >= 4 is 87.9 Å². The van der Waals surface area contributed by atoms with Crippen molar-refractivity contribution in [3.63, 3.8) is 0 Å². The number of carbonyl (C=O) groups is 2. The molecule has 0 fully saturated rings. The lowest BCUT2D eigenvalue weighted by Gasteiger charge is -2.21. The zero-order valence-electron chi connectivity index (χ0n) is 19.7. The molecule has 1 N–H and O–H groups in total. The van der Waals surface area contributed by atoms with Crippen LogP contribution < -0.4 is 10.0 Å². The highest BCUT2D eigenvalue weighted by molar-refractivity contribution is 9.18. The third-order valence-electron chi connectivity index (χ3n) is 5.21. The molecule has 4 heterocycles. The minimum Gasteiger partial charge on any atom is -0.480 e. The summed E-state index contributed by atoms with van der Waals surface area (Å²) >= 11 is 18.6. The molecule has 0 saturated heterocycles. The van der Waals surface area contributed by atoms with Gasteiger partial charge in [0.1, 0.15) is 9.24 Å². The Labute approximate surface area is 240 Å². The number of pyridine rings is 2. The zero-order valence-corrected chi connectivity index (χ0v) is 24.4. The van der Waals surface area contributed by atoms with Crippen LogP contribution in [0.15, 0.2) is 46.9 Å². The van der Waals surface area contributed by atoms with Gasteiger partial charge in [-0.25, -0.2) is 29.6 Å². The summed E-state index contributed by atoms with van der Waals surface area (Å²) in [5.41, 5.74) is 0. The van der Waals surface area contributed by atoms with Gasteiger partial charge in [0.25, 0.3) is 0 Å². The summed E-state index contributed by atoms with van der Waals surface area (Å²) in [6.45, 7) is 2.54. The van der Waals surface area contributed by atoms with E-state index in [2.05, 4.69) is 59.0 Å². The smallest absolute Gasteiger partial charge is 0.331 e. The van der Waals surface area contributed by atoms with Crippen LogP contribution >= 0.6 is 55.1 Å². The van der Waals surface area contributed by atoms with E-state index in [9.17, 15) is 9.59 Å². The monoisotopic (exact) mass is 676 g/mol. The molecule has 0 amide bonds. The summed E-state index contributed by atoms with van der Waals surface area (Å²) in [5.74, 6) is -0.443. The first-order chi connectivity index (χ1) is 17.7. The molecule has 4 rings (SSSR count). The summed E-state index contributed by atoms with van der Waals surface area (Å²) in [5, 5.41) is 21.1. The predicted octanol–water partition coefficient (Wildman–Crippen LogP) is 5.86. The standard InChI is InChI=1S/C14H17BrClN3O2.C9H7BrClN3O2/c1-2-3-4-8-21-14(20)11-9-12(15)18-19(11)13-10(16)6-5-7-17-13;10-7-4-6(9(15)16)14(13-7)8-5(11)2-1-3-12-8/h5-7,11H,2-4,8-9H2,1H3;1-3,6H,4H2,(H,15,16). The predicted molar refractivity (Wildman–Crippen MR) is 151 cm³/mol. The number of carbonyl (C=O) groups excluding carboxylic acids is 1. The van der Waals surface area contributed by atoms with E-state index in [-0.39, 0.29) is 5.97 Å². The molecule has 2 aromatic heterocycles. The average Bonchev–Trinajstić information content (AvgIpc) is 3.45. The number of carboxylic acid groups (broad SMARTS) is 1. The van der Waals surface area contributed by atoms with Crippen molar-refractivity contribution in [3.8, 4) is 0 Å². The molecule has 0 bridgehead atoms. The lowest BCUT2D eigenvalue weighted by atomic mass is 10.2. The molecule has 0 spiro atoms. The number of hydrogen-bond acceptors (Lipinski definition) is 9. The maximum absolute atomic E-state index is 12.2.